The molecule has 142 valence electrons. The van der Waals surface area contributed by atoms with Crippen molar-refractivity contribution in [1.29, 1.82) is 0 Å². The fourth-order valence-corrected chi connectivity index (χ4v) is 4.66. The summed E-state index contributed by atoms with van der Waals surface area (Å²) < 4.78 is 1.71. The van der Waals surface area contributed by atoms with Gasteiger partial charge in [-0.2, -0.15) is 0 Å². The maximum atomic E-state index is 12.8. The van der Waals surface area contributed by atoms with Gasteiger partial charge in [-0.05, 0) is 24.0 Å². The smallest absolute Gasteiger partial charge is 0.259 e. The van der Waals surface area contributed by atoms with Crippen molar-refractivity contribution < 1.29 is 4.90 Å². The molecule has 0 saturated heterocycles. The molecule has 4 nitrogen and oxygen atoms in total. The SMILES string of the molecule is CSc1ccc(C[NH+](C)Cc2cc(=O)n3c(-c4ccccc4)csc3n2)cc1. The Morgan fingerprint density at radius 2 is 1.82 bits per heavy atom. The average molecular weight is 409 g/mol. The van der Waals surface area contributed by atoms with Gasteiger partial charge in [-0.25, -0.2) is 4.98 Å². The summed E-state index contributed by atoms with van der Waals surface area (Å²) >= 11 is 3.26. The van der Waals surface area contributed by atoms with Crippen molar-refractivity contribution in [3.63, 3.8) is 0 Å². The quantitative estimate of drug-likeness (QED) is 0.497. The lowest BCUT2D eigenvalue weighted by Gasteiger charge is -2.14. The maximum absolute atomic E-state index is 12.8. The van der Waals surface area contributed by atoms with E-state index in [-0.39, 0.29) is 5.56 Å². The number of fused-ring (bicyclic) bond motifs is 1. The molecule has 0 saturated carbocycles. The molecule has 1 N–H and O–H groups in total. The Balaban J connectivity index is 1.55. The predicted octanol–water partition coefficient (Wildman–Crippen LogP) is 3.36. The monoisotopic (exact) mass is 408 g/mol. The number of hydrogen-bond acceptors (Lipinski definition) is 4. The lowest BCUT2D eigenvalue weighted by molar-refractivity contribution is -0.908. The van der Waals surface area contributed by atoms with E-state index in [4.69, 9.17) is 4.98 Å². The molecule has 1 atom stereocenters. The topological polar surface area (TPSA) is 38.8 Å². The molecule has 0 fully saturated rings. The van der Waals surface area contributed by atoms with Crippen molar-refractivity contribution in [3.05, 3.63) is 87.7 Å². The van der Waals surface area contributed by atoms with Crippen molar-refractivity contribution in [2.45, 2.75) is 18.0 Å². The zero-order valence-electron chi connectivity index (χ0n) is 15.9. The summed E-state index contributed by atoms with van der Waals surface area (Å²) in [6.07, 6.45) is 2.08. The molecule has 2 aromatic carbocycles. The number of nitrogens with zero attached hydrogens (tertiary/aromatic N) is 2. The second-order valence-electron chi connectivity index (χ2n) is 6.85. The highest BCUT2D eigenvalue weighted by Crippen LogP contribution is 2.23. The first-order chi connectivity index (χ1) is 13.6. The molecule has 0 amide bonds. The molecule has 2 aromatic heterocycles. The minimum Gasteiger partial charge on any atom is -0.329 e. The lowest BCUT2D eigenvalue weighted by Crippen LogP contribution is -3.06. The molecule has 28 heavy (non-hydrogen) atoms. The van der Waals surface area contributed by atoms with Crippen LogP contribution >= 0.6 is 23.1 Å². The van der Waals surface area contributed by atoms with Gasteiger partial charge in [0.05, 0.1) is 12.7 Å². The summed E-state index contributed by atoms with van der Waals surface area (Å²) in [6.45, 7) is 1.62. The van der Waals surface area contributed by atoms with Crippen LogP contribution in [0.25, 0.3) is 16.2 Å². The number of hydrogen-bond donors (Lipinski definition) is 1. The first kappa shape index (κ1) is 18.9. The third-order valence-electron chi connectivity index (χ3n) is 4.68. The van der Waals surface area contributed by atoms with Crippen LogP contribution < -0.4 is 10.5 Å². The first-order valence-electron chi connectivity index (χ1n) is 9.14. The summed E-state index contributed by atoms with van der Waals surface area (Å²) in [7, 11) is 2.13. The van der Waals surface area contributed by atoms with Gasteiger partial charge in [0.25, 0.3) is 5.56 Å². The van der Waals surface area contributed by atoms with E-state index in [1.807, 2.05) is 35.7 Å². The van der Waals surface area contributed by atoms with Gasteiger partial charge in [-0.15, -0.1) is 23.1 Å². The summed E-state index contributed by atoms with van der Waals surface area (Å²) in [5.74, 6) is 0. The number of quaternary nitrogens is 1. The Labute approximate surface area is 172 Å². The van der Waals surface area contributed by atoms with E-state index in [0.29, 0.717) is 6.54 Å². The lowest BCUT2D eigenvalue weighted by atomic mass is 10.2. The number of benzene rings is 2. The van der Waals surface area contributed by atoms with Crippen LogP contribution in [0.3, 0.4) is 0 Å². The van der Waals surface area contributed by atoms with E-state index in [1.54, 1.807) is 22.2 Å². The van der Waals surface area contributed by atoms with Gasteiger partial charge < -0.3 is 4.90 Å². The van der Waals surface area contributed by atoms with Crippen molar-refractivity contribution in [1.82, 2.24) is 9.38 Å². The summed E-state index contributed by atoms with van der Waals surface area (Å²) in [5.41, 5.74) is 4.04. The van der Waals surface area contributed by atoms with Gasteiger partial charge in [0, 0.05) is 21.9 Å². The maximum Gasteiger partial charge on any atom is 0.259 e. The minimum atomic E-state index is -0.0165. The minimum absolute atomic E-state index is 0.0165. The Morgan fingerprint density at radius 1 is 1.07 bits per heavy atom. The molecular formula is C22H22N3OS2+. The zero-order valence-corrected chi connectivity index (χ0v) is 17.5. The summed E-state index contributed by atoms with van der Waals surface area (Å²) in [5, 5.41) is 2.01. The van der Waals surface area contributed by atoms with E-state index < -0.39 is 0 Å². The Kier molecular flexibility index (Phi) is 5.62. The third kappa shape index (κ3) is 4.04. The second-order valence-corrected chi connectivity index (χ2v) is 8.57. The number of thiazole rings is 1. The normalized spacial score (nSPS) is 12.4. The van der Waals surface area contributed by atoms with Gasteiger partial charge in [-0.1, -0.05) is 42.5 Å². The van der Waals surface area contributed by atoms with Crippen LogP contribution in [0.1, 0.15) is 11.3 Å². The fourth-order valence-electron chi connectivity index (χ4n) is 3.33. The van der Waals surface area contributed by atoms with Crippen LogP contribution in [-0.4, -0.2) is 22.7 Å². The third-order valence-corrected chi connectivity index (χ3v) is 6.24. The van der Waals surface area contributed by atoms with E-state index in [9.17, 15) is 4.79 Å². The molecule has 6 heteroatoms. The molecule has 4 rings (SSSR count). The molecule has 0 aliphatic carbocycles. The molecule has 0 bridgehead atoms. The Morgan fingerprint density at radius 3 is 2.54 bits per heavy atom. The standard InChI is InChI=1S/C22H21N3OS2/c1-24(13-16-8-10-19(27-2)11-9-16)14-18-12-21(26)25-20(15-28-22(25)23-18)17-6-4-3-5-7-17/h3-12,15H,13-14H2,1-2H3/p+1. The highest BCUT2D eigenvalue weighted by Gasteiger charge is 2.13. The summed E-state index contributed by atoms with van der Waals surface area (Å²) in [6, 6.07) is 20.3. The Bertz CT molecular complexity index is 1130. The van der Waals surface area contributed by atoms with Gasteiger partial charge >= 0.3 is 0 Å². The van der Waals surface area contributed by atoms with Gasteiger partial charge in [0.2, 0.25) is 0 Å². The Hall–Kier alpha value is -2.41. The fraction of sp³-hybridized carbons (Fsp3) is 0.182. The van der Waals surface area contributed by atoms with Crippen LogP contribution in [0.2, 0.25) is 0 Å². The average Bonchev–Trinajstić information content (AvgIpc) is 3.14. The largest absolute Gasteiger partial charge is 0.329 e. The number of thioether (sulfide) groups is 1. The van der Waals surface area contributed by atoms with Gasteiger partial charge in [-0.3, -0.25) is 9.20 Å². The zero-order chi connectivity index (χ0) is 19.5. The van der Waals surface area contributed by atoms with Gasteiger partial charge in [0.15, 0.2) is 4.96 Å². The van der Waals surface area contributed by atoms with Crippen molar-refractivity contribution >= 4 is 28.1 Å². The first-order valence-corrected chi connectivity index (χ1v) is 11.2. The summed E-state index contributed by atoms with van der Waals surface area (Å²) in [4.78, 5) is 20.9. The molecule has 2 heterocycles. The molecule has 0 spiro atoms. The predicted molar refractivity (Wildman–Crippen MR) is 117 cm³/mol. The van der Waals surface area contributed by atoms with Crippen molar-refractivity contribution in [2.24, 2.45) is 0 Å². The highest BCUT2D eigenvalue weighted by atomic mass is 32.2. The molecule has 0 radical (unpaired) electrons. The van der Waals surface area contributed by atoms with Gasteiger partial charge in [0.1, 0.15) is 18.8 Å². The van der Waals surface area contributed by atoms with Crippen LogP contribution in [0, 0.1) is 0 Å². The van der Waals surface area contributed by atoms with Crippen LogP contribution in [-0.2, 0) is 13.1 Å². The number of rotatable bonds is 6. The van der Waals surface area contributed by atoms with Crippen molar-refractivity contribution in [2.75, 3.05) is 13.3 Å². The second kappa shape index (κ2) is 8.31. The highest BCUT2D eigenvalue weighted by molar-refractivity contribution is 7.98. The van der Waals surface area contributed by atoms with E-state index in [1.165, 1.54) is 26.7 Å². The van der Waals surface area contributed by atoms with Crippen molar-refractivity contribution in [3.8, 4) is 11.3 Å². The number of nitrogens with one attached hydrogen (secondary N) is 1. The molecule has 1 unspecified atom stereocenters. The molecule has 0 aliphatic rings. The molecular weight excluding hydrogens is 386 g/mol. The molecule has 0 aliphatic heterocycles. The molecule has 4 aromatic rings. The van der Waals surface area contributed by atoms with Crippen LogP contribution in [0.4, 0.5) is 0 Å². The van der Waals surface area contributed by atoms with E-state index >= 15 is 0 Å². The number of aromatic nitrogens is 2. The van der Waals surface area contributed by atoms with Crippen LogP contribution in [0.15, 0.2) is 75.7 Å². The van der Waals surface area contributed by atoms with E-state index in [0.717, 1.165) is 28.5 Å². The van der Waals surface area contributed by atoms with Crippen LogP contribution in [0.5, 0.6) is 0 Å². The van der Waals surface area contributed by atoms with E-state index in [2.05, 4.69) is 37.6 Å².